The Morgan fingerprint density at radius 3 is 2.50 bits per heavy atom. The van der Waals surface area contributed by atoms with E-state index in [1.807, 2.05) is 31.2 Å². The Morgan fingerprint density at radius 2 is 1.77 bits per heavy atom. The molecule has 1 atom stereocenters. The summed E-state index contributed by atoms with van der Waals surface area (Å²) in [6.07, 6.45) is 0. The van der Waals surface area contributed by atoms with E-state index < -0.39 is 0 Å². The van der Waals surface area contributed by atoms with Gasteiger partial charge in [-0.1, -0.05) is 29.8 Å². The summed E-state index contributed by atoms with van der Waals surface area (Å²) < 4.78 is 5.70. The van der Waals surface area contributed by atoms with Crippen molar-refractivity contribution in [3.8, 4) is 5.88 Å². The van der Waals surface area contributed by atoms with Crippen LogP contribution in [-0.4, -0.2) is 29.9 Å². The molecule has 0 bridgehead atoms. The third-order valence-corrected chi connectivity index (χ3v) is 5.12. The third kappa shape index (κ3) is 4.14. The van der Waals surface area contributed by atoms with Crippen LogP contribution in [-0.2, 0) is 0 Å². The molecule has 0 saturated carbocycles. The molecule has 2 amide bonds. The summed E-state index contributed by atoms with van der Waals surface area (Å²) in [6, 6.07) is 19.0. The average molecular weight is 422 g/mol. The van der Waals surface area contributed by atoms with Crippen molar-refractivity contribution in [2.75, 3.05) is 18.1 Å². The van der Waals surface area contributed by atoms with Gasteiger partial charge in [-0.3, -0.25) is 9.59 Å². The van der Waals surface area contributed by atoms with E-state index in [0.717, 1.165) is 0 Å². The Bertz CT molecular complexity index is 1070. The molecule has 0 saturated heterocycles. The van der Waals surface area contributed by atoms with Crippen LogP contribution in [0.15, 0.2) is 66.7 Å². The predicted molar refractivity (Wildman–Crippen MR) is 115 cm³/mol. The van der Waals surface area contributed by atoms with E-state index in [-0.39, 0.29) is 17.9 Å². The van der Waals surface area contributed by atoms with Crippen LogP contribution < -0.4 is 15.0 Å². The zero-order valence-electron chi connectivity index (χ0n) is 16.3. The fourth-order valence-electron chi connectivity index (χ4n) is 3.26. The second-order valence-corrected chi connectivity index (χ2v) is 7.37. The molecule has 0 aliphatic carbocycles. The summed E-state index contributed by atoms with van der Waals surface area (Å²) in [5, 5.41) is 3.49. The van der Waals surface area contributed by atoms with E-state index >= 15 is 0 Å². The van der Waals surface area contributed by atoms with Gasteiger partial charge in [0.1, 0.15) is 12.3 Å². The monoisotopic (exact) mass is 421 g/mol. The second kappa shape index (κ2) is 8.55. The van der Waals surface area contributed by atoms with Gasteiger partial charge in [-0.25, -0.2) is 4.98 Å². The zero-order chi connectivity index (χ0) is 21.1. The first-order valence-electron chi connectivity index (χ1n) is 9.60. The van der Waals surface area contributed by atoms with E-state index in [2.05, 4.69) is 10.3 Å². The quantitative estimate of drug-likeness (QED) is 0.683. The van der Waals surface area contributed by atoms with Gasteiger partial charge in [-0.2, -0.15) is 0 Å². The number of nitrogens with one attached hydrogen (secondary N) is 1. The maximum Gasteiger partial charge on any atom is 0.258 e. The summed E-state index contributed by atoms with van der Waals surface area (Å²) >= 11 is 5.87. The Morgan fingerprint density at radius 1 is 1.03 bits per heavy atom. The van der Waals surface area contributed by atoms with Crippen molar-refractivity contribution in [1.82, 2.24) is 10.3 Å². The van der Waals surface area contributed by atoms with E-state index in [1.54, 1.807) is 47.4 Å². The number of amides is 2. The summed E-state index contributed by atoms with van der Waals surface area (Å²) in [7, 11) is 0. The molecule has 1 aliphatic heterocycles. The number of fused-ring (bicyclic) bond motifs is 1. The molecular weight excluding hydrogens is 402 g/mol. The number of aromatic nitrogens is 1. The van der Waals surface area contributed by atoms with E-state index in [0.29, 0.717) is 46.6 Å². The van der Waals surface area contributed by atoms with Crippen molar-refractivity contribution in [2.24, 2.45) is 0 Å². The fourth-order valence-corrected chi connectivity index (χ4v) is 3.38. The summed E-state index contributed by atoms with van der Waals surface area (Å²) in [5.74, 6) is 0.0647. The van der Waals surface area contributed by atoms with E-state index in [4.69, 9.17) is 16.3 Å². The highest BCUT2D eigenvalue weighted by molar-refractivity contribution is 6.30. The van der Waals surface area contributed by atoms with Gasteiger partial charge in [0.05, 0.1) is 18.3 Å². The lowest BCUT2D eigenvalue weighted by atomic mass is 10.1. The minimum Gasteiger partial charge on any atom is -0.474 e. The van der Waals surface area contributed by atoms with Gasteiger partial charge in [-0.15, -0.1) is 0 Å². The molecule has 1 N–H and O–H groups in total. The molecule has 0 spiro atoms. The molecule has 3 aromatic rings. The number of ether oxygens (including phenoxy) is 1. The third-order valence-electron chi connectivity index (χ3n) is 4.87. The topological polar surface area (TPSA) is 71.5 Å². The van der Waals surface area contributed by atoms with Crippen molar-refractivity contribution in [1.29, 1.82) is 0 Å². The Kier molecular flexibility index (Phi) is 5.68. The van der Waals surface area contributed by atoms with Crippen molar-refractivity contribution in [2.45, 2.75) is 13.0 Å². The van der Waals surface area contributed by atoms with Gasteiger partial charge in [0.25, 0.3) is 11.8 Å². The number of hydrogen-bond donors (Lipinski definition) is 1. The van der Waals surface area contributed by atoms with Crippen LogP contribution in [0.2, 0.25) is 5.02 Å². The lowest BCUT2D eigenvalue weighted by Crippen LogP contribution is -2.38. The van der Waals surface area contributed by atoms with Crippen LogP contribution in [0.4, 0.5) is 5.69 Å². The van der Waals surface area contributed by atoms with Crippen molar-refractivity contribution >= 4 is 29.1 Å². The molecular formula is C23H20ClN3O3. The van der Waals surface area contributed by atoms with Crippen LogP contribution in [0.5, 0.6) is 5.88 Å². The fraction of sp³-hybridized carbons (Fsp3) is 0.174. The lowest BCUT2D eigenvalue weighted by molar-refractivity contribution is 0.0938. The molecule has 152 valence electrons. The van der Waals surface area contributed by atoms with E-state index in [9.17, 15) is 9.59 Å². The summed E-state index contributed by atoms with van der Waals surface area (Å²) in [6.45, 7) is 2.65. The normalized spacial score (nSPS) is 13.7. The number of halogens is 1. The Balaban J connectivity index is 1.52. The number of carbonyl (C=O) groups is 2. The van der Waals surface area contributed by atoms with Gasteiger partial charge in [0.15, 0.2) is 0 Å². The number of nitrogens with zero attached hydrogens (tertiary/aromatic N) is 2. The molecule has 2 heterocycles. The summed E-state index contributed by atoms with van der Waals surface area (Å²) in [5.41, 5.74) is 2.39. The molecule has 2 aromatic carbocycles. The largest absolute Gasteiger partial charge is 0.474 e. The molecule has 30 heavy (non-hydrogen) atoms. The van der Waals surface area contributed by atoms with Crippen LogP contribution in [0, 0.1) is 0 Å². The molecule has 1 aliphatic rings. The maximum absolute atomic E-state index is 12.9. The molecule has 1 unspecified atom stereocenters. The van der Waals surface area contributed by atoms with Crippen LogP contribution in [0.1, 0.15) is 39.4 Å². The van der Waals surface area contributed by atoms with Crippen molar-refractivity contribution in [3.63, 3.8) is 0 Å². The van der Waals surface area contributed by atoms with Gasteiger partial charge >= 0.3 is 0 Å². The molecule has 1 aromatic heterocycles. The van der Waals surface area contributed by atoms with Gasteiger partial charge in [0.2, 0.25) is 5.88 Å². The highest BCUT2D eigenvalue weighted by atomic mass is 35.5. The van der Waals surface area contributed by atoms with Gasteiger partial charge in [0, 0.05) is 16.1 Å². The SMILES string of the molecule is CC(NC(=O)c1ccc(Cl)cc1)c1ccc2c(n1)OCCN2C(=O)c1ccccc1. The molecule has 0 fully saturated rings. The summed E-state index contributed by atoms with van der Waals surface area (Å²) in [4.78, 5) is 31.6. The molecule has 7 heteroatoms. The average Bonchev–Trinajstić information content (AvgIpc) is 2.78. The van der Waals surface area contributed by atoms with Gasteiger partial charge in [-0.05, 0) is 55.5 Å². The molecule has 0 radical (unpaired) electrons. The number of benzene rings is 2. The molecule has 6 nitrogen and oxygen atoms in total. The van der Waals surface area contributed by atoms with Crippen LogP contribution >= 0.6 is 11.6 Å². The second-order valence-electron chi connectivity index (χ2n) is 6.93. The number of carbonyl (C=O) groups excluding carboxylic acids is 2. The highest BCUT2D eigenvalue weighted by Gasteiger charge is 2.26. The van der Waals surface area contributed by atoms with Crippen molar-refractivity contribution < 1.29 is 14.3 Å². The molecule has 4 rings (SSSR count). The maximum atomic E-state index is 12.9. The highest BCUT2D eigenvalue weighted by Crippen LogP contribution is 2.32. The number of hydrogen-bond acceptors (Lipinski definition) is 4. The first-order valence-corrected chi connectivity index (χ1v) is 9.98. The van der Waals surface area contributed by atoms with Crippen LogP contribution in [0.25, 0.3) is 0 Å². The zero-order valence-corrected chi connectivity index (χ0v) is 17.1. The van der Waals surface area contributed by atoms with E-state index in [1.165, 1.54) is 0 Å². The lowest BCUT2D eigenvalue weighted by Gasteiger charge is -2.29. The first kappa shape index (κ1) is 19.9. The van der Waals surface area contributed by atoms with Gasteiger partial charge < -0.3 is 15.0 Å². The minimum atomic E-state index is -0.345. The first-order chi connectivity index (χ1) is 14.5. The smallest absolute Gasteiger partial charge is 0.258 e. The number of rotatable bonds is 4. The Hall–Kier alpha value is -3.38. The Labute approximate surface area is 179 Å². The number of anilines is 1. The predicted octanol–water partition coefficient (Wildman–Crippen LogP) is 4.27. The number of pyridine rings is 1. The minimum absolute atomic E-state index is 0.0983. The van der Waals surface area contributed by atoms with Crippen molar-refractivity contribution in [3.05, 3.63) is 88.6 Å². The van der Waals surface area contributed by atoms with Crippen LogP contribution in [0.3, 0.4) is 0 Å². The standard InChI is InChI=1S/C23H20ClN3O3/c1-15(25-21(28)16-7-9-18(24)10-8-16)19-11-12-20-22(26-19)30-14-13-27(20)23(29)17-5-3-2-4-6-17/h2-12,15H,13-14H2,1H3,(H,25,28).